The van der Waals surface area contributed by atoms with Crippen molar-refractivity contribution in [2.75, 3.05) is 23.9 Å². The van der Waals surface area contributed by atoms with Crippen molar-refractivity contribution in [3.8, 4) is 11.1 Å². The lowest BCUT2D eigenvalue weighted by Gasteiger charge is -2.10. The van der Waals surface area contributed by atoms with Crippen molar-refractivity contribution in [2.45, 2.75) is 6.92 Å². The Hall–Kier alpha value is -2.17. The molecule has 2 aromatic rings. The van der Waals surface area contributed by atoms with E-state index < -0.39 is 11.6 Å². The third-order valence-corrected chi connectivity index (χ3v) is 3.37. The molecule has 3 rings (SSSR count). The van der Waals surface area contributed by atoms with E-state index in [9.17, 15) is 8.78 Å². The number of aromatic nitrogens is 1. The molecule has 0 saturated carbocycles. The molecule has 0 amide bonds. The smallest absolute Gasteiger partial charge is 0.153 e. The van der Waals surface area contributed by atoms with Crippen LogP contribution in [0.3, 0.4) is 0 Å². The molecule has 3 nitrogen and oxygen atoms in total. The highest BCUT2D eigenvalue weighted by molar-refractivity contribution is 5.77. The molecule has 1 aliphatic heterocycles. The lowest BCUT2D eigenvalue weighted by atomic mass is 10.0. The number of rotatable bonds is 1. The Morgan fingerprint density at radius 2 is 2.11 bits per heavy atom. The summed E-state index contributed by atoms with van der Waals surface area (Å²) in [7, 11) is 1.92. The Morgan fingerprint density at radius 3 is 2.89 bits per heavy atom. The van der Waals surface area contributed by atoms with E-state index in [0.717, 1.165) is 11.5 Å². The number of hydrogen-bond donors (Lipinski definition) is 1. The summed E-state index contributed by atoms with van der Waals surface area (Å²) < 4.78 is 27.3. The molecule has 1 aromatic heterocycles. The molecular formula is C14H13F2N3. The van der Waals surface area contributed by atoms with Gasteiger partial charge in [0.15, 0.2) is 5.82 Å². The first-order chi connectivity index (χ1) is 9.08. The van der Waals surface area contributed by atoms with Gasteiger partial charge in [-0.2, -0.15) is 0 Å². The van der Waals surface area contributed by atoms with Crippen LogP contribution < -0.4 is 10.2 Å². The van der Waals surface area contributed by atoms with Crippen molar-refractivity contribution in [1.82, 2.24) is 4.98 Å². The molecule has 0 fully saturated rings. The second-order valence-corrected chi connectivity index (χ2v) is 4.66. The highest BCUT2D eigenvalue weighted by atomic mass is 19.1. The minimum absolute atomic E-state index is 0.0306. The molecule has 0 unspecified atom stereocenters. The van der Waals surface area contributed by atoms with Crippen LogP contribution in [0.2, 0.25) is 0 Å². The van der Waals surface area contributed by atoms with Gasteiger partial charge in [0.2, 0.25) is 0 Å². The summed E-state index contributed by atoms with van der Waals surface area (Å²) in [6.07, 6.45) is 1.61. The molecule has 0 spiro atoms. The average Bonchev–Trinajstić information content (AvgIpc) is 2.77. The normalized spacial score (nSPS) is 13.4. The summed E-state index contributed by atoms with van der Waals surface area (Å²) in [6, 6.07) is 4.56. The summed E-state index contributed by atoms with van der Waals surface area (Å²) in [5, 5.41) is 3.17. The molecule has 2 heterocycles. The fraction of sp³-hybridized carbons (Fsp3) is 0.214. The Balaban J connectivity index is 2.11. The largest absolute Gasteiger partial charge is 0.365 e. The van der Waals surface area contributed by atoms with Gasteiger partial charge in [-0.15, -0.1) is 0 Å². The van der Waals surface area contributed by atoms with Crippen LogP contribution in [0, 0.1) is 18.6 Å². The van der Waals surface area contributed by atoms with E-state index in [1.807, 2.05) is 18.0 Å². The van der Waals surface area contributed by atoms with Crippen molar-refractivity contribution in [3.05, 3.63) is 41.6 Å². The number of pyridine rings is 1. The van der Waals surface area contributed by atoms with Gasteiger partial charge in [-0.05, 0) is 25.1 Å². The fourth-order valence-corrected chi connectivity index (χ4v) is 2.20. The van der Waals surface area contributed by atoms with Crippen LogP contribution in [0.5, 0.6) is 0 Å². The summed E-state index contributed by atoms with van der Waals surface area (Å²) in [6.45, 7) is 2.11. The Bertz CT molecular complexity index is 655. The van der Waals surface area contributed by atoms with Crippen LogP contribution in [0.4, 0.5) is 20.3 Å². The third kappa shape index (κ3) is 1.82. The highest BCUT2D eigenvalue weighted by Gasteiger charge is 2.18. The molecule has 0 atom stereocenters. The van der Waals surface area contributed by atoms with Crippen LogP contribution in [0.25, 0.3) is 11.1 Å². The van der Waals surface area contributed by atoms with E-state index in [4.69, 9.17) is 0 Å². The molecule has 5 heteroatoms. The molecular weight excluding hydrogens is 248 g/mol. The van der Waals surface area contributed by atoms with Crippen molar-refractivity contribution in [3.63, 3.8) is 0 Å². The monoisotopic (exact) mass is 261 g/mol. The fourth-order valence-electron chi connectivity index (χ4n) is 2.20. The van der Waals surface area contributed by atoms with Gasteiger partial charge in [-0.1, -0.05) is 0 Å². The third-order valence-electron chi connectivity index (χ3n) is 3.37. The molecule has 1 N–H and O–H groups in total. The van der Waals surface area contributed by atoms with Crippen molar-refractivity contribution in [2.24, 2.45) is 0 Å². The van der Waals surface area contributed by atoms with Crippen LogP contribution in [0.1, 0.15) is 5.56 Å². The molecule has 0 aliphatic carbocycles. The SMILES string of the molecule is Cc1c(F)ccc(-c2cnc3c(c2)NCN3C)c1F. The number of halogens is 2. The zero-order valence-corrected chi connectivity index (χ0v) is 10.7. The van der Waals surface area contributed by atoms with Crippen LogP contribution in [0.15, 0.2) is 24.4 Å². The number of hydrogen-bond acceptors (Lipinski definition) is 3. The predicted octanol–water partition coefficient (Wildman–Crippen LogP) is 3.15. The van der Waals surface area contributed by atoms with Gasteiger partial charge >= 0.3 is 0 Å². The number of nitrogens with one attached hydrogen (secondary N) is 1. The number of fused-ring (bicyclic) bond motifs is 1. The predicted molar refractivity (Wildman–Crippen MR) is 71.2 cm³/mol. The van der Waals surface area contributed by atoms with Gasteiger partial charge in [0.05, 0.1) is 12.4 Å². The molecule has 0 saturated heterocycles. The van der Waals surface area contributed by atoms with Gasteiger partial charge in [0, 0.05) is 29.9 Å². The first-order valence-electron chi connectivity index (χ1n) is 5.98. The average molecular weight is 261 g/mol. The summed E-state index contributed by atoms with van der Waals surface area (Å²) >= 11 is 0. The van der Waals surface area contributed by atoms with Gasteiger partial charge in [0.25, 0.3) is 0 Å². The second-order valence-electron chi connectivity index (χ2n) is 4.66. The Morgan fingerprint density at radius 1 is 1.32 bits per heavy atom. The highest BCUT2D eigenvalue weighted by Crippen LogP contribution is 2.33. The van der Waals surface area contributed by atoms with Crippen LogP contribution in [-0.2, 0) is 0 Å². The number of nitrogens with zero attached hydrogens (tertiary/aromatic N) is 2. The maximum atomic E-state index is 14.1. The standard InChI is InChI=1S/C14H13F2N3/c1-8-11(15)4-3-10(13(8)16)9-5-12-14(17-6-9)19(2)7-18-12/h3-6,18H,7H2,1-2H3. The molecule has 0 radical (unpaired) electrons. The quantitative estimate of drug-likeness (QED) is 0.854. The topological polar surface area (TPSA) is 28.2 Å². The first-order valence-corrected chi connectivity index (χ1v) is 5.98. The van der Waals surface area contributed by atoms with Gasteiger partial charge in [-0.3, -0.25) is 0 Å². The lowest BCUT2D eigenvalue weighted by Crippen LogP contribution is -2.16. The molecule has 1 aromatic carbocycles. The van der Waals surface area contributed by atoms with Crippen molar-refractivity contribution < 1.29 is 8.78 Å². The van der Waals surface area contributed by atoms with E-state index in [1.54, 1.807) is 6.20 Å². The number of anilines is 2. The summed E-state index contributed by atoms with van der Waals surface area (Å²) in [5.41, 5.74) is 1.90. The zero-order chi connectivity index (χ0) is 13.6. The number of benzene rings is 1. The van der Waals surface area contributed by atoms with Crippen molar-refractivity contribution in [1.29, 1.82) is 0 Å². The molecule has 0 bridgehead atoms. The van der Waals surface area contributed by atoms with E-state index in [2.05, 4.69) is 10.3 Å². The van der Waals surface area contributed by atoms with E-state index >= 15 is 0 Å². The molecule has 98 valence electrons. The maximum Gasteiger partial charge on any atom is 0.153 e. The maximum absolute atomic E-state index is 14.1. The van der Waals surface area contributed by atoms with Crippen molar-refractivity contribution >= 4 is 11.5 Å². The minimum Gasteiger partial charge on any atom is -0.365 e. The first kappa shape index (κ1) is 11.9. The summed E-state index contributed by atoms with van der Waals surface area (Å²) in [4.78, 5) is 6.28. The van der Waals surface area contributed by atoms with E-state index in [0.29, 0.717) is 17.8 Å². The molecule has 19 heavy (non-hydrogen) atoms. The Kier molecular flexibility index (Phi) is 2.62. The van der Waals surface area contributed by atoms with Crippen LogP contribution >= 0.6 is 0 Å². The van der Waals surface area contributed by atoms with Gasteiger partial charge in [0.1, 0.15) is 11.6 Å². The summed E-state index contributed by atoms with van der Waals surface area (Å²) in [5.74, 6) is -0.232. The second kappa shape index (κ2) is 4.19. The van der Waals surface area contributed by atoms with E-state index in [1.165, 1.54) is 19.1 Å². The zero-order valence-electron chi connectivity index (χ0n) is 10.7. The lowest BCUT2D eigenvalue weighted by molar-refractivity contribution is 0.570. The van der Waals surface area contributed by atoms with Gasteiger partial charge < -0.3 is 10.2 Å². The molecule has 1 aliphatic rings. The Labute approximate surface area is 109 Å². The minimum atomic E-state index is -0.534. The van der Waals surface area contributed by atoms with Crippen LogP contribution in [-0.4, -0.2) is 18.7 Å². The van der Waals surface area contributed by atoms with Gasteiger partial charge in [-0.25, -0.2) is 13.8 Å². The van der Waals surface area contributed by atoms with E-state index in [-0.39, 0.29) is 5.56 Å².